The second-order valence-electron chi connectivity index (χ2n) is 14.4. The summed E-state index contributed by atoms with van der Waals surface area (Å²) in [4.78, 5) is 10.9. The molecule has 55 heavy (non-hydrogen) atoms. The highest BCUT2D eigenvalue weighted by atomic mass is 16.5. The molecule has 1 aliphatic heterocycles. The molecule has 0 radical (unpaired) electrons. The van der Waals surface area contributed by atoms with E-state index in [9.17, 15) is 0 Å². The Balaban J connectivity index is 1.21. The second-order valence-corrected chi connectivity index (χ2v) is 14.4. The molecule has 0 bridgehead atoms. The third-order valence-corrected chi connectivity index (χ3v) is 11.3. The van der Waals surface area contributed by atoms with Gasteiger partial charge in [0.25, 0.3) is 0 Å². The van der Waals surface area contributed by atoms with E-state index in [4.69, 9.17) is 19.1 Å². The van der Waals surface area contributed by atoms with Crippen LogP contribution in [0.5, 0.6) is 5.75 Å². The third-order valence-electron chi connectivity index (χ3n) is 11.3. The molecule has 0 N–H and O–H groups in total. The number of benzene rings is 7. The molecule has 2 atom stereocenters. The number of rotatable bonds is 4. The largest absolute Gasteiger partial charge is 0.485 e. The summed E-state index contributed by atoms with van der Waals surface area (Å²) in [5, 5.41) is 5.74. The summed E-state index contributed by atoms with van der Waals surface area (Å²) in [6.07, 6.45) is 8.54. The maximum Gasteiger partial charge on any atom is 0.180 e. The fourth-order valence-corrected chi connectivity index (χ4v) is 8.80. The van der Waals surface area contributed by atoms with Crippen molar-refractivity contribution >= 4 is 54.6 Å². The van der Waals surface area contributed by atoms with Crippen LogP contribution in [0.4, 0.5) is 0 Å². The van der Waals surface area contributed by atoms with Crippen LogP contribution >= 0.6 is 0 Å². The normalized spacial score (nSPS) is 16.0. The summed E-state index contributed by atoms with van der Waals surface area (Å²) in [6, 6.07) is 53.3. The number of allylic oxidation sites excluding steroid dienone is 2. The molecule has 0 saturated heterocycles. The zero-order valence-electron chi connectivity index (χ0n) is 29.6. The van der Waals surface area contributed by atoms with Crippen molar-refractivity contribution in [2.45, 2.75) is 12.0 Å². The van der Waals surface area contributed by atoms with Gasteiger partial charge in [-0.3, -0.25) is 0 Å². The van der Waals surface area contributed by atoms with Crippen LogP contribution in [0.15, 0.2) is 180 Å². The Bertz CT molecular complexity index is 3250. The molecule has 1 aliphatic carbocycles. The number of hydrogen-bond donors (Lipinski definition) is 0. The van der Waals surface area contributed by atoms with E-state index >= 15 is 0 Å². The van der Waals surface area contributed by atoms with E-state index in [1.54, 1.807) is 0 Å². The van der Waals surface area contributed by atoms with Crippen LogP contribution in [0, 0.1) is 0 Å². The van der Waals surface area contributed by atoms with Gasteiger partial charge >= 0.3 is 0 Å². The monoisotopic (exact) mass is 705 g/mol. The van der Waals surface area contributed by atoms with Crippen molar-refractivity contribution in [3.05, 3.63) is 182 Å². The van der Waals surface area contributed by atoms with E-state index in [2.05, 4.69) is 156 Å². The van der Waals surface area contributed by atoms with Crippen LogP contribution < -0.4 is 4.74 Å². The summed E-state index contributed by atoms with van der Waals surface area (Å²) >= 11 is 0. The molecule has 2 aliphatic rings. The highest BCUT2D eigenvalue weighted by Crippen LogP contribution is 2.50. The number of fused-ring (bicyclic) bond motifs is 10. The van der Waals surface area contributed by atoms with E-state index in [-0.39, 0.29) is 12.0 Å². The van der Waals surface area contributed by atoms with E-state index < -0.39 is 0 Å². The molecule has 12 rings (SSSR count). The quantitative estimate of drug-likeness (QED) is 0.183. The van der Waals surface area contributed by atoms with Crippen LogP contribution in [0.1, 0.15) is 11.5 Å². The molecule has 3 aromatic heterocycles. The molecule has 10 aromatic rings. The summed E-state index contributed by atoms with van der Waals surface area (Å²) in [6.45, 7) is 0. The number of ether oxygens (including phenoxy) is 1. The lowest BCUT2D eigenvalue weighted by Crippen LogP contribution is -2.16. The van der Waals surface area contributed by atoms with Gasteiger partial charge in [-0.1, -0.05) is 127 Å². The molecular formula is C50H31N3O2. The molecule has 5 heteroatoms. The lowest BCUT2D eigenvalue weighted by Gasteiger charge is -2.20. The van der Waals surface area contributed by atoms with Crippen molar-refractivity contribution in [1.82, 2.24) is 14.5 Å². The fourth-order valence-electron chi connectivity index (χ4n) is 8.80. The van der Waals surface area contributed by atoms with Gasteiger partial charge < -0.3 is 13.7 Å². The van der Waals surface area contributed by atoms with Crippen LogP contribution in [-0.4, -0.2) is 20.6 Å². The van der Waals surface area contributed by atoms with Gasteiger partial charge in [0, 0.05) is 38.8 Å². The van der Waals surface area contributed by atoms with Gasteiger partial charge in [0.2, 0.25) is 0 Å². The number of aromatic nitrogens is 3. The van der Waals surface area contributed by atoms with Gasteiger partial charge in [0.15, 0.2) is 11.4 Å². The Kier molecular flexibility index (Phi) is 6.39. The van der Waals surface area contributed by atoms with E-state index in [0.717, 1.165) is 72.5 Å². The smallest absolute Gasteiger partial charge is 0.180 e. The summed E-state index contributed by atoms with van der Waals surface area (Å²) in [7, 11) is 0. The van der Waals surface area contributed by atoms with Crippen molar-refractivity contribution in [1.29, 1.82) is 0 Å². The zero-order valence-corrected chi connectivity index (χ0v) is 29.6. The molecule has 258 valence electrons. The summed E-state index contributed by atoms with van der Waals surface area (Å²) < 4.78 is 15.8. The predicted molar refractivity (Wildman–Crippen MR) is 223 cm³/mol. The Morgan fingerprint density at radius 2 is 1.29 bits per heavy atom. The lowest BCUT2D eigenvalue weighted by atomic mass is 9.89. The maximum atomic E-state index is 6.69. The first-order chi connectivity index (χ1) is 27.3. The molecule has 0 spiro atoms. The Labute approximate surface area is 316 Å². The van der Waals surface area contributed by atoms with Gasteiger partial charge in [-0.15, -0.1) is 0 Å². The number of hydrogen-bond acceptors (Lipinski definition) is 4. The summed E-state index contributed by atoms with van der Waals surface area (Å²) in [5.74, 6) is 1.52. The Morgan fingerprint density at radius 3 is 2.15 bits per heavy atom. The van der Waals surface area contributed by atoms with Crippen molar-refractivity contribution < 1.29 is 9.15 Å². The third kappa shape index (κ3) is 4.53. The van der Waals surface area contributed by atoms with Crippen molar-refractivity contribution in [2.24, 2.45) is 0 Å². The number of nitrogens with zero attached hydrogens (tertiary/aromatic N) is 3. The van der Waals surface area contributed by atoms with Crippen LogP contribution in [0.3, 0.4) is 0 Å². The van der Waals surface area contributed by atoms with Gasteiger partial charge in [-0.05, 0) is 70.4 Å². The van der Waals surface area contributed by atoms with Crippen LogP contribution in [-0.2, 0) is 0 Å². The molecule has 7 aromatic carbocycles. The Hall–Kier alpha value is -7.24. The molecule has 5 nitrogen and oxygen atoms in total. The van der Waals surface area contributed by atoms with Crippen molar-refractivity contribution in [3.8, 4) is 45.2 Å². The van der Waals surface area contributed by atoms with Crippen molar-refractivity contribution in [3.63, 3.8) is 0 Å². The lowest BCUT2D eigenvalue weighted by molar-refractivity contribution is 0.269. The second kappa shape index (κ2) is 11.6. The molecule has 0 saturated carbocycles. The first kappa shape index (κ1) is 30.2. The minimum Gasteiger partial charge on any atom is -0.485 e. The standard InChI is InChI=1S/C50H31N3O2/c1-3-13-30(14-4-1)34-23-25-43-39(28-34)47-49(55-43)46(31-15-5-2-6-16-31)51-50(52-47)37-24-26-44-45(36-20-10-12-22-42(36)54-44)48(37)53-40-21-11-9-19-35(40)38-27-32-17-7-8-18-33(32)29-41(38)53/h1-29,36,42H. The van der Waals surface area contributed by atoms with Crippen LogP contribution in [0.25, 0.3) is 94.1 Å². The number of para-hydroxylation sites is 1. The van der Waals surface area contributed by atoms with Crippen molar-refractivity contribution in [2.75, 3.05) is 0 Å². The highest BCUT2D eigenvalue weighted by molar-refractivity contribution is 6.14. The average molecular weight is 706 g/mol. The first-order valence-corrected chi connectivity index (χ1v) is 18.7. The molecule has 4 heterocycles. The molecule has 0 amide bonds. The zero-order chi connectivity index (χ0) is 36.0. The van der Waals surface area contributed by atoms with Gasteiger partial charge in [0.1, 0.15) is 28.6 Å². The fraction of sp³-hybridized carbons (Fsp3) is 0.0400. The van der Waals surface area contributed by atoms with E-state index in [0.29, 0.717) is 11.4 Å². The molecular weight excluding hydrogens is 675 g/mol. The summed E-state index contributed by atoms with van der Waals surface area (Å²) in [5.41, 5.74) is 11.5. The maximum absolute atomic E-state index is 6.69. The molecule has 2 unspecified atom stereocenters. The SMILES string of the molecule is C1=CC2Oc3ccc(-c4nc(-c5ccccc5)c5oc6ccc(-c7ccccc7)cc6c5n4)c(-n4c5ccccc5c5cc6ccccc6cc54)c3C2C=C1. The number of furan rings is 1. The first-order valence-electron chi connectivity index (χ1n) is 18.7. The minimum atomic E-state index is -0.0968. The van der Waals surface area contributed by atoms with E-state index in [1.807, 2.05) is 24.3 Å². The predicted octanol–water partition coefficient (Wildman–Crippen LogP) is 12.6. The van der Waals surface area contributed by atoms with Gasteiger partial charge in [0.05, 0.1) is 16.7 Å². The average Bonchev–Trinajstić information content (AvgIpc) is 3.92. The minimum absolute atomic E-state index is 0.0205. The van der Waals surface area contributed by atoms with Crippen LogP contribution in [0.2, 0.25) is 0 Å². The van der Waals surface area contributed by atoms with E-state index in [1.165, 1.54) is 21.5 Å². The molecule has 0 fully saturated rings. The van der Waals surface area contributed by atoms with Gasteiger partial charge in [-0.25, -0.2) is 9.97 Å². The highest BCUT2D eigenvalue weighted by Gasteiger charge is 2.37. The topological polar surface area (TPSA) is 53.1 Å². The van der Waals surface area contributed by atoms with Gasteiger partial charge in [-0.2, -0.15) is 0 Å². The Morgan fingerprint density at radius 1 is 0.545 bits per heavy atom.